The second-order valence-corrected chi connectivity index (χ2v) is 5.69. The fraction of sp³-hybridized carbons (Fsp3) is 0.294. The molecule has 0 fully saturated rings. The molecular formula is C17H21NO2S. The molecule has 0 heterocycles. The van der Waals surface area contributed by atoms with Gasteiger partial charge in [0, 0.05) is 17.0 Å². The van der Waals surface area contributed by atoms with Gasteiger partial charge in [-0.3, -0.25) is 0 Å². The molecule has 0 aliphatic carbocycles. The molecule has 3 nitrogen and oxygen atoms in total. The number of thioether (sulfide) groups is 1. The highest BCUT2D eigenvalue weighted by Gasteiger charge is 2.08. The van der Waals surface area contributed by atoms with Crippen molar-refractivity contribution < 1.29 is 9.47 Å². The normalized spacial score (nSPS) is 10.4. The average molecular weight is 303 g/mol. The van der Waals surface area contributed by atoms with E-state index in [-0.39, 0.29) is 0 Å². The fourth-order valence-electron chi connectivity index (χ4n) is 2.00. The van der Waals surface area contributed by atoms with Crippen molar-refractivity contribution in [3.8, 4) is 11.5 Å². The Labute approximate surface area is 130 Å². The quantitative estimate of drug-likeness (QED) is 0.596. The largest absolute Gasteiger partial charge is 0.490 e. The molecule has 0 atom stereocenters. The molecule has 0 spiro atoms. The van der Waals surface area contributed by atoms with Crippen molar-refractivity contribution in [3.63, 3.8) is 0 Å². The Morgan fingerprint density at radius 3 is 2.43 bits per heavy atom. The van der Waals surface area contributed by atoms with Crippen LogP contribution in [0.1, 0.15) is 12.5 Å². The van der Waals surface area contributed by atoms with E-state index in [9.17, 15) is 0 Å². The third kappa shape index (κ3) is 4.69. The number of ether oxygens (including phenoxy) is 2. The van der Waals surface area contributed by atoms with Crippen molar-refractivity contribution in [3.05, 3.63) is 54.1 Å². The molecule has 2 N–H and O–H groups in total. The van der Waals surface area contributed by atoms with Gasteiger partial charge in [-0.15, -0.1) is 11.8 Å². The summed E-state index contributed by atoms with van der Waals surface area (Å²) in [5.74, 6) is 2.73. The van der Waals surface area contributed by atoms with Gasteiger partial charge in [0.2, 0.25) is 0 Å². The predicted octanol–water partition coefficient (Wildman–Crippen LogP) is 3.72. The summed E-state index contributed by atoms with van der Waals surface area (Å²) in [6.45, 7) is 3.63. The number of para-hydroxylation sites is 1. The molecule has 0 bridgehead atoms. The van der Waals surface area contributed by atoms with Gasteiger partial charge in [0.15, 0.2) is 0 Å². The van der Waals surface area contributed by atoms with E-state index in [1.807, 2.05) is 42.5 Å². The monoisotopic (exact) mass is 303 g/mol. The van der Waals surface area contributed by atoms with E-state index in [1.165, 1.54) is 4.90 Å². The summed E-state index contributed by atoms with van der Waals surface area (Å²) in [7, 11) is 0. The lowest BCUT2D eigenvalue weighted by Gasteiger charge is -2.14. The van der Waals surface area contributed by atoms with Crippen LogP contribution in [-0.2, 0) is 6.54 Å². The van der Waals surface area contributed by atoms with Crippen molar-refractivity contribution in [1.29, 1.82) is 0 Å². The van der Waals surface area contributed by atoms with Gasteiger partial charge < -0.3 is 15.2 Å². The summed E-state index contributed by atoms with van der Waals surface area (Å²) in [5.41, 5.74) is 6.93. The SMILES string of the molecule is CCSc1cccc(OCCOc2ccccc2)c1CN. The second kappa shape index (κ2) is 8.60. The summed E-state index contributed by atoms with van der Waals surface area (Å²) >= 11 is 1.79. The molecule has 0 saturated carbocycles. The van der Waals surface area contributed by atoms with Crippen molar-refractivity contribution in [2.24, 2.45) is 5.73 Å². The molecule has 0 saturated heterocycles. The Morgan fingerprint density at radius 1 is 0.952 bits per heavy atom. The minimum atomic E-state index is 0.484. The van der Waals surface area contributed by atoms with Gasteiger partial charge in [-0.2, -0.15) is 0 Å². The van der Waals surface area contributed by atoms with Gasteiger partial charge in [0.05, 0.1) is 0 Å². The third-order valence-corrected chi connectivity index (χ3v) is 3.93. The van der Waals surface area contributed by atoms with Crippen LogP contribution in [-0.4, -0.2) is 19.0 Å². The van der Waals surface area contributed by atoms with E-state index in [4.69, 9.17) is 15.2 Å². The number of nitrogens with two attached hydrogens (primary N) is 1. The maximum atomic E-state index is 5.85. The molecule has 0 aliphatic heterocycles. The van der Waals surface area contributed by atoms with Crippen molar-refractivity contribution >= 4 is 11.8 Å². The van der Waals surface area contributed by atoms with E-state index < -0.39 is 0 Å². The van der Waals surface area contributed by atoms with Crippen LogP contribution in [0.15, 0.2) is 53.4 Å². The molecule has 2 aromatic rings. The maximum Gasteiger partial charge on any atom is 0.125 e. The minimum absolute atomic E-state index is 0.484. The Morgan fingerprint density at radius 2 is 1.71 bits per heavy atom. The molecule has 0 aromatic heterocycles. The summed E-state index contributed by atoms with van der Waals surface area (Å²) < 4.78 is 11.4. The van der Waals surface area contributed by atoms with E-state index in [0.717, 1.165) is 22.8 Å². The summed E-state index contributed by atoms with van der Waals surface area (Å²) in [6.07, 6.45) is 0. The van der Waals surface area contributed by atoms with E-state index in [1.54, 1.807) is 11.8 Å². The zero-order valence-electron chi connectivity index (χ0n) is 12.2. The summed E-state index contributed by atoms with van der Waals surface area (Å²) in [5, 5.41) is 0. The molecule has 4 heteroatoms. The number of hydrogen-bond donors (Lipinski definition) is 1. The summed E-state index contributed by atoms with van der Waals surface area (Å²) in [6, 6.07) is 15.8. The zero-order chi connectivity index (χ0) is 14.9. The van der Waals surface area contributed by atoms with Crippen LogP contribution >= 0.6 is 11.8 Å². The predicted molar refractivity (Wildman–Crippen MR) is 88.2 cm³/mol. The number of rotatable bonds is 8. The zero-order valence-corrected chi connectivity index (χ0v) is 13.1. The fourth-order valence-corrected chi connectivity index (χ4v) is 2.84. The lowest BCUT2D eigenvalue weighted by Crippen LogP contribution is -2.11. The molecule has 112 valence electrons. The standard InChI is InChI=1S/C17H21NO2S/c1-2-21-17-10-6-9-16(15(17)13-18)20-12-11-19-14-7-4-3-5-8-14/h3-10H,2,11-13,18H2,1H3. The third-order valence-electron chi connectivity index (χ3n) is 2.95. The first-order valence-corrected chi connectivity index (χ1v) is 8.09. The lowest BCUT2D eigenvalue weighted by atomic mass is 10.2. The van der Waals surface area contributed by atoms with Gasteiger partial charge in [-0.1, -0.05) is 31.2 Å². The number of hydrogen-bond acceptors (Lipinski definition) is 4. The van der Waals surface area contributed by atoms with E-state index >= 15 is 0 Å². The molecule has 0 amide bonds. The molecular weight excluding hydrogens is 282 g/mol. The van der Waals surface area contributed by atoms with Crippen LogP contribution in [0.25, 0.3) is 0 Å². The molecule has 0 aliphatic rings. The van der Waals surface area contributed by atoms with Crippen LogP contribution in [0.5, 0.6) is 11.5 Å². The van der Waals surface area contributed by atoms with E-state index in [0.29, 0.717) is 19.8 Å². The smallest absolute Gasteiger partial charge is 0.125 e. The van der Waals surface area contributed by atoms with Crippen LogP contribution < -0.4 is 15.2 Å². The minimum Gasteiger partial charge on any atom is -0.490 e. The van der Waals surface area contributed by atoms with Gasteiger partial charge in [0.25, 0.3) is 0 Å². The van der Waals surface area contributed by atoms with Gasteiger partial charge in [-0.25, -0.2) is 0 Å². The van der Waals surface area contributed by atoms with Crippen molar-refractivity contribution in [2.45, 2.75) is 18.4 Å². The second-order valence-electron chi connectivity index (χ2n) is 4.38. The highest BCUT2D eigenvalue weighted by atomic mass is 32.2. The molecule has 0 radical (unpaired) electrons. The molecule has 2 rings (SSSR count). The summed E-state index contributed by atoms with van der Waals surface area (Å²) in [4.78, 5) is 1.20. The van der Waals surface area contributed by atoms with Crippen LogP contribution in [0, 0.1) is 0 Å². The highest BCUT2D eigenvalue weighted by molar-refractivity contribution is 7.99. The first-order chi connectivity index (χ1) is 10.3. The van der Waals surface area contributed by atoms with Crippen molar-refractivity contribution in [1.82, 2.24) is 0 Å². The molecule has 2 aromatic carbocycles. The first-order valence-electron chi connectivity index (χ1n) is 7.10. The Hall–Kier alpha value is -1.65. The molecule has 0 unspecified atom stereocenters. The maximum absolute atomic E-state index is 5.85. The topological polar surface area (TPSA) is 44.5 Å². The van der Waals surface area contributed by atoms with Crippen LogP contribution in [0.2, 0.25) is 0 Å². The molecule has 21 heavy (non-hydrogen) atoms. The van der Waals surface area contributed by atoms with Gasteiger partial charge >= 0.3 is 0 Å². The Balaban J connectivity index is 1.89. The van der Waals surface area contributed by atoms with Gasteiger partial charge in [0.1, 0.15) is 24.7 Å². The van der Waals surface area contributed by atoms with Gasteiger partial charge in [-0.05, 0) is 30.0 Å². The average Bonchev–Trinajstić information content (AvgIpc) is 2.53. The van der Waals surface area contributed by atoms with Crippen LogP contribution in [0.4, 0.5) is 0 Å². The highest BCUT2D eigenvalue weighted by Crippen LogP contribution is 2.29. The lowest BCUT2D eigenvalue weighted by molar-refractivity contribution is 0.215. The van der Waals surface area contributed by atoms with Crippen molar-refractivity contribution in [2.75, 3.05) is 19.0 Å². The van der Waals surface area contributed by atoms with E-state index in [2.05, 4.69) is 13.0 Å². The Kier molecular flexibility index (Phi) is 6.44. The number of benzene rings is 2. The Bertz CT molecular complexity index is 546. The van der Waals surface area contributed by atoms with Crippen LogP contribution in [0.3, 0.4) is 0 Å². The first kappa shape index (κ1) is 15.7.